The molecule has 2 aliphatic heterocycles. The largest absolute Gasteiger partial charge is 0.481 e. The molecule has 10 heteroatoms. The van der Waals surface area contributed by atoms with Crippen molar-refractivity contribution in [1.82, 2.24) is 24.7 Å². The minimum atomic E-state index is -0.858. The van der Waals surface area contributed by atoms with Gasteiger partial charge in [-0.25, -0.2) is 9.97 Å². The average Bonchev–Trinajstić information content (AvgIpc) is 3.56. The highest BCUT2D eigenvalue weighted by Gasteiger charge is 2.47. The molecule has 1 amide bonds. The third-order valence-electron chi connectivity index (χ3n) is 7.90. The molecule has 1 aromatic heterocycles. The predicted octanol–water partition coefficient (Wildman–Crippen LogP) is 3.28. The maximum absolute atomic E-state index is 13.7. The molecule has 2 aromatic rings. The maximum Gasteiger partial charge on any atom is 0.308 e. The van der Waals surface area contributed by atoms with E-state index in [0.717, 1.165) is 50.9 Å². The number of aromatic nitrogens is 2. The summed E-state index contributed by atoms with van der Waals surface area (Å²) in [5, 5.41) is 10.5. The Bertz CT molecular complexity index is 1110. The lowest BCUT2D eigenvalue weighted by molar-refractivity contribution is -0.143. The molecule has 0 bridgehead atoms. The number of likely N-dealkylation sites (tertiary alicyclic amines) is 1. The van der Waals surface area contributed by atoms with E-state index in [4.69, 9.17) is 9.47 Å². The molecular formula is C30H43N5O5. The van der Waals surface area contributed by atoms with Gasteiger partial charge in [-0.2, -0.15) is 0 Å². The highest BCUT2D eigenvalue weighted by Crippen LogP contribution is 2.42. The van der Waals surface area contributed by atoms with Gasteiger partial charge in [0.05, 0.1) is 12.5 Å². The van der Waals surface area contributed by atoms with E-state index < -0.39 is 11.9 Å². The van der Waals surface area contributed by atoms with E-state index in [-0.39, 0.29) is 31.2 Å². The van der Waals surface area contributed by atoms with Gasteiger partial charge in [-0.05, 0) is 70.1 Å². The van der Waals surface area contributed by atoms with Gasteiger partial charge >= 0.3 is 5.97 Å². The summed E-state index contributed by atoms with van der Waals surface area (Å²) >= 11 is 0. The van der Waals surface area contributed by atoms with E-state index >= 15 is 0 Å². The smallest absolute Gasteiger partial charge is 0.308 e. The van der Waals surface area contributed by atoms with Crippen molar-refractivity contribution in [2.45, 2.75) is 57.4 Å². The third kappa shape index (κ3) is 7.69. The Kier molecular flexibility index (Phi) is 10.7. The number of carbonyl (C=O) groups is 2. The third-order valence-corrected chi connectivity index (χ3v) is 7.90. The Morgan fingerprint density at radius 1 is 1.05 bits per heavy atom. The van der Waals surface area contributed by atoms with E-state index in [0.29, 0.717) is 36.7 Å². The van der Waals surface area contributed by atoms with Crippen LogP contribution in [0.5, 0.6) is 11.5 Å². The number of rotatable bonds is 15. The first kappa shape index (κ1) is 29.7. The van der Waals surface area contributed by atoms with Crippen LogP contribution >= 0.6 is 0 Å². The van der Waals surface area contributed by atoms with Crippen molar-refractivity contribution in [3.05, 3.63) is 48.0 Å². The first-order chi connectivity index (χ1) is 19.4. The number of carboxylic acid groups (broad SMARTS) is 1. The Hall–Kier alpha value is -3.24. The first-order valence-electron chi connectivity index (χ1n) is 14.4. The van der Waals surface area contributed by atoms with E-state index in [1.165, 1.54) is 0 Å². The highest BCUT2D eigenvalue weighted by molar-refractivity contribution is 5.79. The molecule has 3 heterocycles. The topological polar surface area (TPSA) is 108 Å². The lowest BCUT2D eigenvalue weighted by Crippen LogP contribution is -2.45. The Morgan fingerprint density at radius 3 is 2.50 bits per heavy atom. The quantitative estimate of drug-likeness (QED) is 0.333. The molecule has 0 aliphatic carbocycles. The lowest BCUT2D eigenvalue weighted by Gasteiger charge is -2.30. The number of unbranched alkanes of at least 4 members (excludes halogenated alkanes) is 2. The minimum absolute atomic E-state index is 0.0646. The Morgan fingerprint density at radius 2 is 1.77 bits per heavy atom. The molecule has 1 N–H and O–H groups in total. The van der Waals surface area contributed by atoms with Gasteiger partial charge in [0, 0.05) is 50.4 Å². The number of fused-ring (bicyclic) bond motifs is 1. The van der Waals surface area contributed by atoms with Crippen molar-refractivity contribution >= 4 is 11.9 Å². The van der Waals surface area contributed by atoms with Crippen molar-refractivity contribution in [2.75, 3.05) is 53.6 Å². The summed E-state index contributed by atoms with van der Waals surface area (Å²) in [6.45, 7) is 5.40. The summed E-state index contributed by atoms with van der Waals surface area (Å²) < 4.78 is 11.1. The second-order valence-electron chi connectivity index (χ2n) is 11.0. The van der Waals surface area contributed by atoms with Crippen LogP contribution in [0.2, 0.25) is 0 Å². The number of ether oxygens (including phenoxy) is 2. The van der Waals surface area contributed by atoms with Crippen LogP contribution in [-0.4, -0.2) is 101 Å². The van der Waals surface area contributed by atoms with Crippen molar-refractivity contribution in [2.24, 2.45) is 5.92 Å². The van der Waals surface area contributed by atoms with Crippen molar-refractivity contribution < 1.29 is 24.2 Å². The van der Waals surface area contributed by atoms with Crippen molar-refractivity contribution in [3.8, 4) is 11.5 Å². The molecule has 40 heavy (non-hydrogen) atoms. The number of aryl methyl sites for hydroxylation is 1. The van der Waals surface area contributed by atoms with Gasteiger partial charge in [0.15, 0.2) is 11.5 Å². The molecule has 0 spiro atoms. The molecular weight excluding hydrogens is 510 g/mol. The zero-order chi connectivity index (χ0) is 28.5. The summed E-state index contributed by atoms with van der Waals surface area (Å²) in [6.07, 6.45) is 8.42. The Balaban J connectivity index is 1.54. The van der Waals surface area contributed by atoms with Gasteiger partial charge in [-0.3, -0.25) is 14.5 Å². The molecule has 2 aliphatic rings. The Labute approximate surface area is 237 Å². The summed E-state index contributed by atoms with van der Waals surface area (Å²) in [5.41, 5.74) is 0.888. The number of hydrogen-bond acceptors (Lipinski definition) is 8. The predicted molar refractivity (Wildman–Crippen MR) is 151 cm³/mol. The normalized spacial score (nSPS) is 20.2. The van der Waals surface area contributed by atoms with E-state index in [2.05, 4.69) is 40.8 Å². The SMILES string of the molecule is CCCCN(CCCCN(C)C)C(=O)CN1C[C@H](c2ccc3c(c2)OCO3)[C@@H](C(=O)O)[C@@H]1CCc1ncccn1. The maximum atomic E-state index is 13.7. The van der Waals surface area contributed by atoms with Crippen LogP contribution in [0.3, 0.4) is 0 Å². The lowest BCUT2D eigenvalue weighted by atomic mass is 9.83. The average molecular weight is 554 g/mol. The molecule has 1 fully saturated rings. The standard InChI is InChI=1S/C30H43N5O5/c1-4-5-16-34(17-7-6-15-33(2)3)28(36)20-35-19-23(22-9-11-25-26(18-22)40-21-39-25)29(30(37)38)24(35)10-12-27-31-13-8-14-32-27/h8-9,11,13-14,18,23-24,29H,4-7,10,12,15-17,19-21H2,1-3H3,(H,37,38)/t23-,24+,29-/m1/s1. The van der Waals surface area contributed by atoms with Gasteiger partial charge < -0.3 is 24.4 Å². The van der Waals surface area contributed by atoms with Gasteiger partial charge in [0.25, 0.3) is 0 Å². The van der Waals surface area contributed by atoms with Gasteiger partial charge in [-0.15, -0.1) is 0 Å². The van der Waals surface area contributed by atoms with Crippen LogP contribution in [0.4, 0.5) is 0 Å². The van der Waals surface area contributed by atoms with E-state index in [1.807, 2.05) is 23.1 Å². The fourth-order valence-electron chi connectivity index (χ4n) is 5.78. The van der Waals surface area contributed by atoms with Crippen LogP contribution in [0, 0.1) is 5.92 Å². The number of carboxylic acids is 1. The highest BCUT2D eigenvalue weighted by atomic mass is 16.7. The number of nitrogens with zero attached hydrogens (tertiary/aromatic N) is 5. The van der Waals surface area contributed by atoms with E-state index in [1.54, 1.807) is 18.5 Å². The number of amides is 1. The van der Waals surface area contributed by atoms with Crippen LogP contribution in [0.25, 0.3) is 0 Å². The fourth-order valence-corrected chi connectivity index (χ4v) is 5.78. The molecule has 10 nitrogen and oxygen atoms in total. The molecule has 218 valence electrons. The summed E-state index contributed by atoms with van der Waals surface area (Å²) in [6, 6.07) is 7.10. The molecule has 0 radical (unpaired) electrons. The molecule has 3 atom stereocenters. The monoisotopic (exact) mass is 553 g/mol. The van der Waals surface area contributed by atoms with Crippen molar-refractivity contribution in [1.29, 1.82) is 0 Å². The zero-order valence-electron chi connectivity index (χ0n) is 24.0. The number of hydrogen-bond donors (Lipinski definition) is 1. The number of benzene rings is 1. The summed E-state index contributed by atoms with van der Waals surface area (Å²) in [4.78, 5) is 41.4. The zero-order valence-corrected chi connectivity index (χ0v) is 24.0. The van der Waals surface area contributed by atoms with Gasteiger partial charge in [0.1, 0.15) is 5.82 Å². The second kappa shape index (κ2) is 14.4. The van der Waals surface area contributed by atoms with E-state index in [9.17, 15) is 14.7 Å². The summed E-state index contributed by atoms with van der Waals surface area (Å²) in [7, 11) is 4.12. The molecule has 4 rings (SSSR count). The molecule has 0 unspecified atom stereocenters. The van der Waals surface area contributed by atoms with Crippen LogP contribution in [-0.2, 0) is 16.0 Å². The first-order valence-corrected chi connectivity index (χ1v) is 14.4. The van der Waals surface area contributed by atoms with Crippen molar-refractivity contribution in [3.63, 3.8) is 0 Å². The molecule has 1 aromatic carbocycles. The molecule has 1 saturated heterocycles. The molecule has 0 saturated carbocycles. The number of aliphatic carboxylic acids is 1. The van der Waals surface area contributed by atoms with Gasteiger partial charge in [0.2, 0.25) is 12.7 Å². The van der Waals surface area contributed by atoms with Crippen LogP contribution in [0.1, 0.15) is 56.3 Å². The van der Waals surface area contributed by atoms with Crippen LogP contribution < -0.4 is 9.47 Å². The second-order valence-corrected chi connectivity index (χ2v) is 11.0. The fraction of sp³-hybridized carbons (Fsp3) is 0.600. The van der Waals surface area contributed by atoms with Crippen LogP contribution in [0.15, 0.2) is 36.7 Å². The summed E-state index contributed by atoms with van der Waals surface area (Å²) in [5.74, 6) is 0.215. The number of carbonyl (C=O) groups excluding carboxylic acids is 1. The minimum Gasteiger partial charge on any atom is -0.481 e. The van der Waals surface area contributed by atoms with Gasteiger partial charge in [-0.1, -0.05) is 19.4 Å².